The third kappa shape index (κ3) is 4.97. The van der Waals surface area contributed by atoms with Crippen LogP contribution in [0.5, 0.6) is 5.75 Å². The first-order chi connectivity index (χ1) is 14.2. The summed E-state index contributed by atoms with van der Waals surface area (Å²) in [6.45, 7) is 3.09. The van der Waals surface area contributed by atoms with Gasteiger partial charge in [0.05, 0.1) is 31.6 Å². The van der Waals surface area contributed by atoms with E-state index in [0.717, 1.165) is 35.4 Å². The number of carbonyl (C=O) groups excluding carboxylic acids is 1. The maximum atomic E-state index is 12.3. The Balaban J connectivity index is 1.41. The van der Waals surface area contributed by atoms with E-state index in [-0.39, 0.29) is 18.6 Å². The van der Waals surface area contributed by atoms with Crippen LogP contribution < -0.4 is 4.74 Å². The number of aliphatic hydroxyl groups is 1. The lowest BCUT2D eigenvalue weighted by Gasteiger charge is -2.26. The molecule has 1 aliphatic carbocycles. The molecular weight excluding hydrogens is 370 g/mol. The van der Waals surface area contributed by atoms with Gasteiger partial charge in [0, 0.05) is 43.4 Å². The number of ether oxygens (including phenoxy) is 2. The summed E-state index contributed by atoms with van der Waals surface area (Å²) in [7, 11) is 0. The quantitative estimate of drug-likeness (QED) is 0.775. The van der Waals surface area contributed by atoms with Gasteiger partial charge in [-0.2, -0.15) is 5.10 Å². The lowest BCUT2D eigenvalue weighted by molar-refractivity contribution is -0.135. The van der Waals surface area contributed by atoms with Crippen molar-refractivity contribution in [1.29, 1.82) is 0 Å². The summed E-state index contributed by atoms with van der Waals surface area (Å²) in [6.07, 6.45) is 7.11. The maximum Gasteiger partial charge on any atom is 0.224 e. The fraction of sp³-hybridized carbons (Fsp3) is 0.545. The first-order valence-corrected chi connectivity index (χ1v) is 10.5. The maximum absolute atomic E-state index is 12.3. The summed E-state index contributed by atoms with van der Waals surface area (Å²) in [6, 6.07) is 7.78. The summed E-state index contributed by atoms with van der Waals surface area (Å²) >= 11 is 0. The van der Waals surface area contributed by atoms with Gasteiger partial charge in [-0.1, -0.05) is 12.1 Å². The number of benzene rings is 1. The number of nitrogens with zero attached hydrogens (tertiary/aromatic N) is 3. The highest BCUT2D eigenvalue weighted by molar-refractivity contribution is 5.76. The Kier molecular flexibility index (Phi) is 6.46. The molecule has 0 radical (unpaired) electrons. The van der Waals surface area contributed by atoms with Crippen LogP contribution in [0.15, 0.2) is 30.5 Å². The van der Waals surface area contributed by atoms with E-state index < -0.39 is 0 Å². The van der Waals surface area contributed by atoms with Gasteiger partial charge in [0.25, 0.3) is 0 Å². The first kappa shape index (κ1) is 19.9. The van der Waals surface area contributed by atoms with Gasteiger partial charge in [-0.25, -0.2) is 0 Å². The molecule has 0 spiro atoms. The highest BCUT2D eigenvalue weighted by atomic mass is 16.5. The Morgan fingerprint density at radius 2 is 2.00 bits per heavy atom. The zero-order valence-corrected chi connectivity index (χ0v) is 16.8. The van der Waals surface area contributed by atoms with E-state index in [1.54, 1.807) is 0 Å². The number of carbonyl (C=O) groups is 1. The minimum Gasteiger partial charge on any atom is -0.490 e. The lowest BCUT2D eigenvalue weighted by Crippen LogP contribution is -2.40. The number of aryl methyl sites for hydroxylation is 1. The van der Waals surface area contributed by atoms with Crippen molar-refractivity contribution < 1.29 is 19.4 Å². The predicted octanol–water partition coefficient (Wildman–Crippen LogP) is 2.61. The van der Waals surface area contributed by atoms with Crippen LogP contribution in [0.3, 0.4) is 0 Å². The number of aromatic nitrogens is 2. The van der Waals surface area contributed by atoms with Crippen molar-refractivity contribution in [2.45, 2.75) is 51.4 Å². The highest BCUT2D eigenvalue weighted by Gasteiger charge is 2.19. The molecule has 4 rings (SSSR count). The van der Waals surface area contributed by atoms with E-state index in [4.69, 9.17) is 9.47 Å². The summed E-state index contributed by atoms with van der Waals surface area (Å²) < 4.78 is 13.3. The molecule has 156 valence electrons. The molecule has 2 aliphatic rings. The number of hydrogen-bond donors (Lipinski definition) is 1. The zero-order chi connectivity index (χ0) is 20.1. The van der Waals surface area contributed by atoms with E-state index in [0.29, 0.717) is 39.3 Å². The van der Waals surface area contributed by atoms with Crippen LogP contribution in [-0.4, -0.2) is 58.1 Å². The molecule has 7 heteroatoms. The number of rotatable bonds is 7. The fourth-order valence-electron chi connectivity index (χ4n) is 3.96. The minimum atomic E-state index is -0.0412. The molecule has 0 bridgehead atoms. The van der Waals surface area contributed by atoms with Crippen molar-refractivity contribution in [1.82, 2.24) is 14.7 Å². The zero-order valence-electron chi connectivity index (χ0n) is 16.8. The van der Waals surface area contributed by atoms with Crippen LogP contribution in [0, 0.1) is 0 Å². The lowest BCUT2D eigenvalue weighted by atomic mass is 10.1. The second kappa shape index (κ2) is 9.41. The molecule has 0 atom stereocenters. The Hall–Kier alpha value is -2.38. The van der Waals surface area contributed by atoms with Crippen LogP contribution in [0.25, 0.3) is 11.3 Å². The van der Waals surface area contributed by atoms with Crippen molar-refractivity contribution in [3.05, 3.63) is 36.0 Å². The van der Waals surface area contributed by atoms with Gasteiger partial charge < -0.3 is 19.5 Å². The number of morpholine rings is 1. The second-order valence-corrected chi connectivity index (χ2v) is 7.71. The van der Waals surface area contributed by atoms with E-state index in [2.05, 4.69) is 5.10 Å². The summed E-state index contributed by atoms with van der Waals surface area (Å²) in [5, 5.41) is 14.3. The summed E-state index contributed by atoms with van der Waals surface area (Å²) in [5.74, 6) is 0.888. The Bertz CT molecular complexity index is 823. The summed E-state index contributed by atoms with van der Waals surface area (Å²) in [5.41, 5.74) is 2.59. The molecule has 0 unspecified atom stereocenters. The monoisotopic (exact) mass is 399 g/mol. The van der Waals surface area contributed by atoms with Crippen molar-refractivity contribution in [3.8, 4) is 17.0 Å². The molecule has 1 aliphatic heterocycles. The van der Waals surface area contributed by atoms with Crippen molar-refractivity contribution in [2.75, 3.05) is 26.3 Å². The van der Waals surface area contributed by atoms with Crippen LogP contribution in [0.2, 0.25) is 0 Å². The van der Waals surface area contributed by atoms with Gasteiger partial charge in [-0.3, -0.25) is 9.48 Å². The largest absolute Gasteiger partial charge is 0.490 e. The Morgan fingerprint density at radius 1 is 1.21 bits per heavy atom. The van der Waals surface area contributed by atoms with Gasteiger partial charge in [0.15, 0.2) is 0 Å². The van der Waals surface area contributed by atoms with Crippen LogP contribution in [0.4, 0.5) is 0 Å². The number of hydrogen-bond acceptors (Lipinski definition) is 5. The SMILES string of the molecule is O=C(CCn1ccc(-c2ccc(CO)c(OC3CCCC3)c2)n1)N1CCOCC1. The molecule has 1 amide bonds. The smallest absolute Gasteiger partial charge is 0.224 e. The number of aliphatic hydroxyl groups excluding tert-OH is 1. The van der Waals surface area contributed by atoms with Crippen molar-refractivity contribution in [2.24, 2.45) is 0 Å². The third-order valence-corrected chi connectivity index (χ3v) is 5.69. The molecule has 1 aromatic carbocycles. The molecule has 1 saturated carbocycles. The van der Waals surface area contributed by atoms with Gasteiger partial charge in [-0.15, -0.1) is 0 Å². The third-order valence-electron chi connectivity index (χ3n) is 5.69. The topological polar surface area (TPSA) is 76.8 Å². The molecule has 1 saturated heterocycles. The first-order valence-electron chi connectivity index (χ1n) is 10.5. The van der Waals surface area contributed by atoms with Gasteiger partial charge in [0.2, 0.25) is 5.91 Å². The van der Waals surface area contributed by atoms with Crippen LogP contribution in [-0.2, 0) is 22.7 Å². The Morgan fingerprint density at radius 3 is 2.76 bits per heavy atom. The molecule has 2 aromatic rings. The van der Waals surface area contributed by atoms with E-state index in [1.807, 2.05) is 40.0 Å². The normalized spacial score (nSPS) is 17.6. The van der Waals surface area contributed by atoms with Gasteiger partial charge in [-0.05, 0) is 37.8 Å². The van der Waals surface area contributed by atoms with Crippen molar-refractivity contribution >= 4 is 5.91 Å². The predicted molar refractivity (Wildman–Crippen MR) is 108 cm³/mol. The van der Waals surface area contributed by atoms with E-state index in [9.17, 15) is 9.90 Å². The average Bonchev–Trinajstić information content (AvgIpc) is 3.45. The van der Waals surface area contributed by atoms with Gasteiger partial charge >= 0.3 is 0 Å². The van der Waals surface area contributed by atoms with E-state index in [1.165, 1.54) is 12.8 Å². The average molecular weight is 399 g/mol. The standard InChI is InChI=1S/C22H29N3O4/c26-16-18-6-5-17(15-21(18)29-19-3-1-2-4-19)20-7-9-25(23-20)10-8-22(27)24-11-13-28-14-12-24/h5-7,9,15,19,26H,1-4,8,10-14,16H2. The minimum absolute atomic E-state index is 0.0412. The van der Waals surface area contributed by atoms with E-state index >= 15 is 0 Å². The molecular formula is C22H29N3O4. The Labute approximate surface area is 171 Å². The second-order valence-electron chi connectivity index (χ2n) is 7.71. The molecule has 2 fully saturated rings. The molecule has 1 aromatic heterocycles. The fourth-order valence-corrected chi connectivity index (χ4v) is 3.96. The molecule has 1 N–H and O–H groups in total. The van der Waals surface area contributed by atoms with Crippen LogP contribution in [0.1, 0.15) is 37.7 Å². The number of amides is 1. The molecule has 2 heterocycles. The molecule has 29 heavy (non-hydrogen) atoms. The molecule has 7 nitrogen and oxygen atoms in total. The highest BCUT2D eigenvalue weighted by Crippen LogP contribution is 2.30. The summed E-state index contributed by atoms with van der Waals surface area (Å²) in [4.78, 5) is 14.2. The van der Waals surface area contributed by atoms with Gasteiger partial charge in [0.1, 0.15) is 5.75 Å². The van der Waals surface area contributed by atoms with Crippen LogP contribution >= 0.6 is 0 Å². The van der Waals surface area contributed by atoms with Crippen molar-refractivity contribution in [3.63, 3.8) is 0 Å².